The first-order chi connectivity index (χ1) is 10.4. The van der Waals surface area contributed by atoms with Crippen LogP contribution in [0.5, 0.6) is 0 Å². The molecule has 116 valence electrons. The number of hydrogen-bond acceptors (Lipinski definition) is 4. The van der Waals surface area contributed by atoms with Gasteiger partial charge in [0, 0.05) is 16.3 Å². The van der Waals surface area contributed by atoms with E-state index in [0.29, 0.717) is 10.7 Å². The van der Waals surface area contributed by atoms with Crippen molar-refractivity contribution in [1.29, 1.82) is 0 Å². The van der Waals surface area contributed by atoms with E-state index >= 15 is 0 Å². The number of sulfonamides is 1. The zero-order chi connectivity index (χ0) is 16.2. The number of halogens is 1. The third kappa shape index (κ3) is 3.97. The van der Waals surface area contributed by atoms with Crippen LogP contribution in [0.15, 0.2) is 53.4 Å². The second-order valence-electron chi connectivity index (χ2n) is 4.28. The fourth-order valence-corrected chi connectivity index (χ4v) is 2.92. The maximum Gasteiger partial charge on any atom is 0.274 e. The minimum atomic E-state index is -3.81. The van der Waals surface area contributed by atoms with E-state index in [-0.39, 0.29) is 10.5 Å². The minimum Gasteiger partial charge on any atom is -0.280 e. The number of nitrogens with one attached hydrogen (secondary N) is 2. The Hall–Kier alpha value is -2.09. The molecule has 0 spiro atoms. The molecule has 0 atom stereocenters. The minimum absolute atomic E-state index is 0.0359. The molecule has 0 aliphatic rings. The normalized spacial score (nSPS) is 11.0. The van der Waals surface area contributed by atoms with Gasteiger partial charge in [0.15, 0.2) is 0 Å². The van der Waals surface area contributed by atoms with Crippen LogP contribution in [-0.2, 0) is 14.9 Å². The summed E-state index contributed by atoms with van der Waals surface area (Å²) < 4.78 is 27.0. The van der Waals surface area contributed by atoms with Crippen molar-refractivity contribution in [1.82, 2.24) is 5.48 Å². The maximum atomic E-state index is 12.3. The van der Waals surface area contributed by atoms with Gasteiger partial charge < -0.3 is 0 Å². The molecule has 0 heterocycles. The number of amides is 1. The molecule has 22 heavy (non-hydrogen) atoms. The van der Waals surface area contributed by atoms with Crippen molar-refractivity contribution < 1.29 is 18.0 Å². The van der Waals surface area contributed by atoms with Crippen molar-refractivity contribution in [2.45, 2.75) is 4.90 Å². The summed E-state index contributed by atoms with van der Waals surface area (Å²) in [5.74, 6) is -0.536. The number of carbonyl (C=O) groups is 1. The first-order valence-corrected chi connectivity index (χ1v) is 8.00. The zero-order valence-corrected chi connectivity index (χ0v) is 13.1. The summed E-state index contributed by atoms with van der Waals surface area (Å²) in [4.78, 5) is 16.1. The van der Waals surface area contributed by atoms with Crippen LogP contribution in [-0.4, -0.2) is 21.4 Å². The number of hydrogen-bond donors (Lipinski definition) is 2. The molecule has 8 heteroatoms. The molecule has 2 rings (SSSR count). The molecule has 0 unspecified atom stereocenters. The molecule has 2 aromatic rings. The van der Waals surface area contributed by atoms with Crippen molar-refractivity contribution in [2.75, 3.05) is 11.8 Å². The molecular formula is C14H13ClN2O4S. The van der Waals surface area contributed by atoms with E-state index in [9.17, 15) is 13.2 Å². The Morgan fingerprint density at radius 1 is 1.14 bits per heavy atom. The van der Waals surface area contributed by atoms with E-state index in [0.717, 1.165) is 0 Å². The van der Waals surface area contributed by atoms with E-state index in [2.05, 4.69) is 15.0 Å². The van der Waals surface area contributed by atoms with Gasteiger partial charge in [-0.05, 0) is 42.5 Å². The van der Waals surface area contributed by atoms with E-state index < -0.39 is 15.9 Å². The third-order valence-corrected chi connectivity index (χ3v) is 4.33. The summed E-state index contributed by atoms with van der Waals surface area (Å²) in [7, 11) is -2.52. The average molecular weight is 341 g/mol. The molecule has 2 aromatic carbocycles. The maximum absolute atomic E-state index is 12.3. The van der Waals surface area contributed by atoms with E-state index in [1.54, 1.807) is 24.3 Å². The molecular weight excluding hydrogens is 328 g/mol. The average Bonchev–Trinajstić information content (AvgIpc) is 2.50. The van der Waals surface area contributed by atoms with Gasteiger partial charge in [-0.15, -0.1) is 0 Å². The summed E-state index contributed by atoms with van der Waals surface area (Å²) in [5.41, 5.74) is 2.67. The smallest absolute Gasteiger partial charge is 0.274 e. The Labute approximate surface area is 133 Å². The van der Waals surface area contributed by atoms with Gasteiger partial charge in [-0.1, -0.05) is 17.7 Å². The van der Waals surface area contributed by atoms with Gasteiger partial charge in [0.2, 0.25) is 0 Å². The highest BCUT2D eigenvalue weighted by Gasteiger charge is 2.16. The van der Waals surface area contributed by atoms with E-state index in [1.165, 1.54) is 31.4 Å². The summed E-state index contributed by atoms with van der Waals surface area (Å²) in [6, 6.07) is 11.8. The van der Waals surface area contributed by atoms with Crippen LogP contribution in [0.2, 0.25) is 5.02 Å². The first-order valence-electron chi connectivity index (χ1n) is 6.14. The lowest BCUT2D eigenvalue weighted by Gasteiger charge is -2.09. The van der Waals surface area contributed by atoms with Crippen molar-refractivity contribution in [3.05, 3.63) is 59.1 Å². The Balaban J connectivity index is 2.27. The van der Waals surface area contributed by atoms with Crippen LogP contribution in [0.4, 0.5) is 5.69 Å². The molecule has 0 saturated carbocycles. The summed E-state index contributed by atoms with van der Waals surface area (Å²) >= 11 is 5.75. The molecule has 1 amide bonds. The Morgan fingerprint density at radius 3 is 2.45 bits per heavy atom. The van der Waals surface area contributed by atoms with Gasteiger partial charge in [-0.25, -0.2) is 13.9 Å². The standard InChI is InChI=1S/C14H13ClN2O4S/c1-21-16-14(18)10-3-2-4-13(9-10)22(19,20)17-12-7-5-11(15)6-8-12/h2-9,17H,1H3,(H,16,18). The number of anilines is 1. The van der Waals surface area contributed by atoms with Crippen molar-refractivity contribution >= 4 is 33.2 Å². The fraction of sp³-hybridized carbons (Fsp3) is 0.0714. The van der Waals surface area contributed by atoms with E-state index in [4.69, 9.17) is 11.6 Å². The molecule has 0 fully saturated rings. The molecule has 2 N–H and O–H groups in total. The monoisotopic (exact) mass is 340 g/mol. The fourth-order valence-electron chi connectivity index (χ4n) is 1.69. The lowest BCUT2D eigenvalue weighted by atomic mass is 10.2. The van der Waals surface area contributed by atoms with Gasteiger partial charge in [0.25, 0.3) is 15.9 Å². The number of hydroxylamine groups is 1. The molecule has 0 saturated heterocycles. The molecule has 0 aliphatic carbocycles. The van der Waals surface area contributed by atoms with Gasteiger partial charge in [0.05, 0.1) is 12.0 Å². The summed E-state index contributed by atoms with van der Waals surface area (Å²) in [5, 5.41) is 0.501. The van der Waals surface area contributed by atoms with Gasteiger partial charge in [-0.3, -0.25) is 14.4 Å². The summed E-state index contributed by atoms with van der Waals surface area (Å²) in [6.45, 7) is 0. The largest absolute Gasteiger partial charge is 0.280 e. The van der Waals surface area contributed by atoms with Crippen LogP contribution < -0.4 is 10.2 Å². The van der Waals surface area contributed by atoms with Crippen LogP contribution in [0.25, 0.3) is 0 Å². The topological polar surface area (TPSA) is 84.5 Å². The van der Waals surface area contributed by atoms with Gasteiger partial charge in [-0.2, -0.15) is 0 Å². The van der Waals surface area contributed by atoms with Crippen LogP contribution in [0, 0.1) is 0 Å². The second-order valence-corrected chi connectivity index (χ2v) is 6.39. The highest BCUT2D eigenvalue weighted by Crippen LogP contribution is 2.19. The Morgan fingerprint density at radius 2 is 1.82 bits per heavy atom. The van der Waals surface area contributed by atoms with Crippen LogP contribution >= 0.6 is 11.6 Å². The number of benzene rings is 2. The van der Waals surface area contributed by atoms with Crippen LogP contribution in [0.1, 0.15) is 10.4 Å². The Kier molecular flexibility index (Phi) is 5.02. The zero-order valence-electron chi connectivity index (χ0n) is 11.5. The number of rotatable bonds is 5. The molecule has 0 bridgehead atoms. The second kappa shape index (κ2) is 6.78. The first kappa shape index (κ1) is 16.3. The van der Waals surface area contributed by atoms with Gasteiger partial charge >= 0.3 is 0 Å². The lowest BCUT2D eigenvalue weighted by molar-refractivity contribution is 0.0537. The highest BCUT2D eigenvalue weighted by molar-refractivity contribution is 7.92. The number of carbonyl (C=O) groups excluding carboxylic acids is 1. The lowest BCUT2D eigenvalue weighted by Crippen LogP contribution is -2.22. The molecule has 6 nitrogen and oxygen atoms in total. The van der Waals surface area contributed by atoms with Crippen LogP contribution in [0.3, 0.4) is 0 Å². The predicted molar refractivity (Wildman–Crippen MR) is 83.2 cm³/mol. The van der Waals surface area contributed by atoms with E-state index in [1.807, 2.05) is 0 Å². The van der Waals surface area contributed by atoms with Gasteiger partial charge in [0.1, 0.15) is 0 Å². The SMILES string of the molecule is CONC(=O)c1cccc(S(=O)(=O)Nc2ccc(Cl)cc2)c1. The highest BCUT2D eigenvalue weighted by atomic mass is 35.5. The molecule has 0 aliphatic heterocycles. The third-order valence-electron chi connectivity index (χ3n) is 2.70. The molecule has 0 radical (unpaired) electrons. The van der Waals surface area contributed by atoms with Crippen molar-refractivity contribution in [3.63, 3.8) is 0 Å². The predicted octanol–water partition coefficient (Wildman–Crippen LogP) is 2.43. The quantitative estimate of drug-likeness (QED) is 0.819. The van der Waals surface area contributed by atoms with Crippen molar-refractivity contribution in [2.24, 2.45) is 0 Å². The van der Waals surface area contributed by atoms with Crippen molar-refractivity contribution in [3.8, 4) is 0 Å². The Bertz CT molecular complexity index is 776. The summed E-state index contributed by atoms with van der Waals surface area (Å²) in [6.07, 6.45) is 0. The molecule has 0 aromatic heterocycles.